The van der Waals surface area contributed by atoms with Crippen molar-refractivity contribution in [1.29, 1.82) is 0 Å². The molecule has 0 radical (unpaired) electrons. The van der Waals surface area contributed by atoms with E-state index in [-0.39, 0.29) is 0 Å². The number of hydrogen-bond donors (Lipinski definition) is 1. The third-order valence-corrected chi connectivity index (χ3v) is 1.74. The van der Waals surface area contributed by atoms with Gasteiger partial charge in [-0.2, -0.15) is 0 Å². The summed E-state index contributed by atoms with van der Waals surface area (Å²) in [7, 11) is 0. The van der Waals surface area contributed by atoms with Crippen molar-refractivity contribution in [2.24, 2.45) is 0 Å². The van der Waals surface area contributed by atoms with Gasteiger partial charge in [0.05, 0.1) is 4.92 Å². The molecular formula is C10H17NO3. The van der Waals surface area contributed by atoms with E-state index < -0.39 is 11.2 Å². The van der Waals surface area contributed by atoms with Crippen LogP contribution in [0.5, 0.6) is 0 Å². The number of nitrogens with zero attached hydrogens (tertiary/aromatic N) is 1. The molecular weight excluding hydrogens is 182 g/mol. The standard InChI is InChI=1S/C10H17NO3/c1-8(2)5-4-6-9(3)7-10(12)11(13)14/h5,7,10,12H,4,6H2,1-3H3/b9-7-. The second kappa shape index (κ2) is 6.32. The van der Waals surface area contributed by atoms with Crippen LogP contribution in [0.4, 0.5) is 0 Å². The molecule has 4 nitrogen and oxygen atoms in total. The van der Waals surface area contributed by atoms with Crippen molar-refractivity contribution in [3.8, 4) is 0 Å². The molecule has 0 heterocycles. The minimum Gasteiger partial charge on any atom is -0.330 e. The fraction of sp³-hybridized carbons (Fsp3) is 0.600. The fourth-order valence-electron chi connectivity index (χ4n) is 0.987. The van der Waals surface area contributed by atoms with Gasteiger partial charge in [-0.25, -0.2) is 0 Å². The number of nitro groups is 1. The number of rotatable bonds is 5. The zero-order valence-electron chi connectivity index (χ0n) is 8.86. The lowest BCUT2D eigenvalue weighted by Gasteiger charge is -2.00. The Morgan fingerprint density at radius 1 is 1.50 bits per heavy atom. The van der Waals surface area contributed by atoms with Gasteiger partial charge in [0.2, 0.25) is 0 Å². The summed E-state index contributed by atoms with van der Waals surface area (Å²) in [5.41, 5.74) is 2.07. The van der Waals surface area contributed by atoms with Crippen LogP contribution in [0.1, 0.15) is 33.6 Å². The average Bonchev–Trinajstić information content (AvgIpc) is 2.02. The first-order valence-electron chi connectivity index (χ1n) is 4.55. The Kier molecular flexibility index (Phi) is 5.79. The van der Waals surface area contributed by atoms with Gasteiger partial charge < -0.3 is 5.11 Å². The van der Waals surface area contributed by atoms with E-state index >= 15 is 0 Å². The topological polar surface area (TPSA) is 63.4 Å². The summed E-state index contributed by atoms with van der Waals surface area (Å²) < 4.78 is 0. The highest BCUT2D eigenvalue weighted by molar-refractivity contribution is 5.02. The van der Waals surface area contributed by atoms with E-state index in [1.807, 2.05) is 13.8 Å². The summed E-state index contributed by atoms with van der Waals surface area (Å²) in [5.74, 6) is 0. The van der Waals surface area contributed by atoms with E-state index in [9.17, 15) is 10.1 Å². The van der Waals surface area contributed by atoms with Crippen molar-refractivity contribution in [3.63, 3.8) is 0 Å². The monoisotopic (exact) mass is 199 g/mol. The Morgan fingerprint density at radius 2 is 2.07 bits per heavy atom. The quantitative estimate of drug-likeness (QED) is 0.320. The highest BCUT2D eigenvalue weighted by Crippen LogP contribution is 2.07. The van der Waals surface area contributed by atoms with Crippen LogP contribution >= 0.6 is 0 Å². The van der Waals surface area contributed by atoms with Gasteiger partial charge in [0.25, 0.3) is 0 Å². The van der Waals surface area contributed by atoms with E-state index in [4.69, 9.17) is 5.11 Å². The third kappa shape index (κ3) is 6.37. The van der Waals surface area contributed by atoms with Crippen molar-refractivity contribution in [2.45, 2.75) is 39.8 Å². The van der Waals surface area contributed by atoms with Gasteiger partial charge in [-0.15, -0.1) is 0 Å². The first kappa shape index (κ1) is 12.8. The van der Waals surface area contributed by atoms with Crippen LogP contribution in [0.15, 0.2) is 23.3 Å². The molecule has 0 aliphatic heterocycles. The highest BCUT2D eigenvalue weighted by atomic mass is 16.7. The smallest absolute Gasteiger partial charge is 0.330 e. The third-order valence-electron chi connectivity index (χ3n) is 1.74. The molecule has 1 atom stereocenters. The molecule has 0 saturated carbocycles. The predicted molar refractivity (Wildman–Crippen MR) is 55.4 cm³/mol. The molecule has 0 aliphatic carbocycles. The molecule has 0 fully saturated rings. The van der Waals surface area contributed by atoms with Crippen molar-refractivity contribution >= 4 is 0 Å². The number of hydrogen-bond acceptors (Lipinski definition) is 3. The largest absolute Gasteiger partial charge is 0.333 e. The Hall–Kier alpha value is -1.16. The maximum atomic E-state index is 10.1. The molecule has 80 valence electrons. The van der Waals surface area contributed by atoms with Crippen molar-refractivity contribution in [3.05, 3.63) is 33.4 Å². The molecule has 0 rings (SSSR count). The number of aliphatic hydroxyl groups excluding tert-OH is 1. The Bertz CT molecular complexity index is 252. The molecule has 0 aromatic carbocycles. The van der Waals surface area contributed by atoms with Crippen LogP contribution in [0.25, 0.3) is 0 Å². The summed E-state index contributed by atoms with van der Waals surface area (Å²) in [6.07, 6.45) is 3.38. The van der Waals surface area contributed by atoms with E-state index in [0.29, 0.717) is 0 Å². The van der Waals surface area contributed by atoms with Gasteiger partial charge in [-0.05, 0) is 33.6 Å². The van der Waals surface area contributed by atoms with Gasteiger partial charge >= 0.3 is 6.23 Å². The lowest BCUT2D eigenvalue weighted by Crippen LogP contribution is -2.15. The lowest BCUT2D eigenvalue weighted by molar-refractivity contribution is -0.555. The SMILES string of the molecule is CC(C)=CCC/C(C)=C\C(O)[N+](=O)[O-]. The molecule has 0 spiro atoms. The van der Waals surface area contributed by atoms with Crippen LogP contribution in [-0.2, 0) is 0 Å². The summed E-state index contributed by atoms with van der Waals surface area (Å²) >= 11 is 0. The molecule has 0 bridgehead atoms. The van der Waals surface area contributed by atoms with Gasteiger partial charge in [-0.3, -0.25) is 10.1 Å². The van der Waals surface area contributed by atoms with Gasteiger partial charge in [0.1, 0.15) is 0 Å². The lowest BCUT2D eigenvalue weighted by atomic mass is 10.1. The van der Waals surface area contributed by atoms with Gasteiger partial charge in [0, 0.05) is 6.08 Å². The molecule has 4 heteroatoms. The molecule has 0 aliphatic rings. The summed E-state index contributed by atoms with van der Waals surface area (Å²) in [4.78, 5) is 9.40. The first-order chi connectivity index (χ1) is 6.43. The molecule has 0 aromatic rings. The van der Waals surface area contributed by atoms with Crippen LogP contribution in [0.3, 0.4) is 0 Å². The fourth-order valence-corrected chi connectivity index (χ4v) is 0.987. The minimum absolute atomic E-state index is 0.718. The molecule has 0 saturated heterocycles. The summed E-state index contributed by atoms with van der Waals surface area (Å²) in [6.45, 7) is 5.79. The van der Waals surface area contributed by atoms with Crippen molar-refractivity contribution in [1.82, 2.24) is 0 Å². The van der Waals surface area contributed by atoms with Crippen LogP contribution in [0, 0.1) is 10.1 Å². The Balaban J connectivity index is 4.01. The molecule has 1 N–H and O–H groups in total. The van der Waals surface area contributed by atoms with E-state index in [1.54, 1.807) is 6.92 Å². The van der Waals surface area contributed by atoms with Gasteiger partial charge in [-0.1, -0.05) is 17.2 Å². The Morgan fingerprint density at radius 3 is 2.50 bits per heavy atom. The second-order valence-electron chi connectivity index (χ2n) is 3.53. The predicted octanol–water partition coefficient (Wildman–Crippen LogP) is 2.27. The van der Waals surface area contributed by atoms with Crippen molar-refractivity contribution in [2.75, 3.05) is 0 Å². The summed E-state index contributed by atoms with van der Waals surface area (Å²) in [5, 5.41) is 19.0. The highest BCUT2D eigenvalue weighted by Gasteiger charge is 2.10. The second-order valence-corrected chi connectivity index (χ2v) is 3.53. The molecule has 1 unspecified atom stereocenters. The summed E-state index contributed by atoms with van der Waals surface area (Å²) in [6, 6.07) is 0. The maximum Gasteiger partial charge on any atom is 0.333 e. The maximum absolute atomic E-state index is 10.1. The van der Waals surface area contributed by atoms with E-state index in [1.165, 1.54) is 11.6 Å². The molecule has 14 heavy (non-hydrogen) atoms. The van der Waals surface area contributed by atoms with Crippen LogP contribution in [0.2, 0.25) is 0 Å². The van der Waals surface area contributed by atoms with Gasteiger partial charge in [0.15, 0.2) is 0 Å². The average molecular weight is 199 g/mol. The van der Waals surface area contributed by atoms with Crippen LogP contribution in [-0.4, -0.2) is 16.3 Å². The van der Waals surface area contributed by atoms with Crippen molar-refractivity contribution < 1.29 is 10.0 Å². The number of aliphatic hydroxyl groups is 1. The Labute approximate surface area is 84.1 Å². The first-order valence-corrected chi connectivity index (χ1v) is 4.55. The normalized spacial score (nSPS) is 13.6. The zero-order valence-corrected chi connectivity index (χ0v) is 8.86. The van der Waals surface area contributed by atoms with E-state index in [0.717, 1.165) is 18.4 Å². The van der Waals surface area contributed by atoms with E-state index in [2.05, 4.69) is 6.08 Å². The minimum atomic E-state index is -1.57. The van der Waals surface area contributed by atoms with Crippen LogP contribution < -0.4 is 0 Å². The zero-order chi connectivity index (χ0) is 11.1. The molecule has 0 amide bonds. The number of allylic oxidation sites excluding steroid dienone is 3. The molecule has 0 aromatic heterocycles.